The Morgan fingerprint density at radius 1 is 1.03 bits per heavy atom. The van der Waals surface area contributed by atoms with Gasteiger partial charge in [-0.05, 0) is 55.5 Å². The normalized spacial score (nSPS) is 14.6. The number of ketones is 1. The number of amides is 1. The molecular weight excluding hydrogens is 420 g/mol. The molecule has 1 aliphatic rings. The van der Waals surface area contributed by atoms with Crippen LogP contribution in [0, 0.1) is 0 Å². The number of esters is 1. The summed E-state index contributed by atoms with van der Waals surface area (Å²) in [4.78, 5) is 38.7. The molecule has 2 aromatic carbocycles. The fourth-order valence-corrected chi connectivity index (χ4v) is 3.25. The zero-order valence-corrected chi connectivity index (χ0v) is 18.1. The first-order chi connectivity index (χ1) is 14.9. The highest BCUT2D eigenvalue weighted by Crippen LogP contribution is 2.19. The summed E-state index contributed by atoms with van der Waals surface area (Å²) in [5.41, 5.74) is 2.15. The quantitative estimate of drug-likeness (QED) is 0.493. The topological polar surface area (TPSA) is 84.9 Å². The molecule has 31 heavy (non-hydrogen) atoms. The van der Waals surface area contributed by atoms with E-state index in [1.54, 1.807) is 24.3 Å². The summed E-state index contributed by atoms with van der Waals surface area (Å²) in [7, 11) is 0. The van der Waals surface area contributed by atoms with Crippen LogP contribution in [0.2, 0.25) is 5.02 Å². The number of halogens is 1. The summed E-state index contributed by atoms with van der Waals surface area (Å²) < 4.78 is 10.5. The molecule has 164 valence electrons. The van der Waals surface area contributed by atoms with Gasteiger partial charge in [0.25, 0.3) is 5.91 Å². The van der Waals surface area contributed by atoms with Gasteiger partial charge in [0.1, 0.15) is 0 Å². The van der Waals surface area contributed by atoms with Crippen molar-refractivity contribution in [2.45, 2.75) is 25.9 Å². The van der Waals surface area contributed by atoms with E-state index in [-0.39, 0.29) is 18.6 Å². The molecule has 1 heterocycles. The van der Waals surface area contributed by atoms with Gasteiger partial charge in [-0.2, -0.15) is 0 Å². The molecule has 0 aromatic heterocycles. The number of ether oxygens (including phenoxy) is 2. The standard InChI is InChI=1S/C23H25ClN2O5/c1-16(31-22(28)11-10-21(27)17-2-4-18(24)5-3-17)23(29)25-19-6-8-20(9-7-19)26-12-14-30-15-13-26/h2-9,16H,10-15H2,1H3,(H,25,29). The van der Waals surface area contributed by atoms with Crippen molar-refractivity contribution in [3.05, 3.63) is 59.1 Å². The van der Waals surface area contributed by atoms with Gasteiger partial charge >= 0.3 is 5.97 Å². The molecule has 1 atom stereocenters. The van der Waals surface area contributed by atoms with Crippen LogP contribution < -0.4 is 10.2 Å². The highest BCUT2D eigenvalue weighted by atomic mass is 35.5. The number of carbonyl (C=O) groups excluding carboxylic acids is 3. The average molecular weight is 445 g/mol. The second-order valence-electron chi connectivity index (χ2n) is 7.20. The van der Waals surface area contributed by atoms with Gasteiger partial charge in [0.05, 0.1) is 19.6 Å². The zero-order chi connectivity index (χ0) is 22.2. The molecule has 3 rings (SSSR count). The zero-order valence-electron chi connectivity index (χ0n) is 17.3. The van der Waals surface area contributed by atoms with E-state index in [0.717, 1.165) is 18.8 Å². The predicted octanol–water partition coefficient (Wildman–Crippen LogP) is 3.71. The number of carbonyl (C=O) groups is 3. The molecule has 1 saturated heterocycles. The van der Waals surface area contributed by atoms with Crippen LogP contribution in [0.1, 0.15) is 30.1 Å². The molecule has 1 N–H and O–H groups in total. The second kappa shape index (κ2) is 10.9. The molecule has 0 aliphatic carbocycles. The van der Waals surface area contributed by atoms with E-state index in [1.165, 1.54) is 6.92 Å². The maximum absolute atomic E-state index is 12.3. The van der Waals surface area contributed by atoms with Crippen molar-refractivity contribution in [3.63, 3.8) is 0 Å². The number of benzene rings is 2. The number of hydrogen-bond donors (Lipinski definition) is 1. The van der Waals surface area contributed by atoms with Gasteiger partial charge in [-0.15, -0.1) is 0 Å². The Kier molecular flexibility index (Phi) is 8.03. The average Bonchev–Trinajstić information content (AvgIpc) is 2.79. The molecule has 2 aromatic rings. The molecule has 0 radical (unpaired) electrons. The molecule has 8 heteroatoms. The molecule has 1 unspecified atom stereocenters. The van der Waals surface area contributed by atoms with Crippen LogP contribution in [0.3, 0.4) is 0 Å². The minimum Gasteiger partial charge on any atom is -0.453 e. The minimum absolute atomic E-state index is 0.00218. The van der Waals surface area contributed by atoms with Crippen LogP contribution in [0.15, 0.2) is 48.5 Å². The molecule has 0 spiro atoms. The largest absolute Gasteiger partial charge is 0.453 e. The number of nitrogens with zero attached hydrogens (tertiary/aromatic N) is 1. The number of nitrogens with one attached hydrogen (secondary N) is 1. The summed E-state index contributed by atoms with van der Waals surface area (Å²) >= 11 is 5.80. The van der Waals surface area contributed by atoms with Crippen LogP contribution in [0.4, 0.5) is 11.4 Å². The van der Waals surface area contributed by atoms with Crippen LogP contribution in [-0.4, -0.2) is 50.1 Å². The SMILES string of the molecule is CC(OC(=O)CCC(=O)c1ccc(Cl)cc1)C(=O)Nc1ccc(N2CCOCC2)cc1. The van der Waals surface area contributed by atoms with Crippen molar-refractivity contribution in [3.8, 4) is 0 Å². The van der Waals surface area contributed by atoms with Crippen LogP contribution in [-0.2, 0) is 19.1 Å². The first-order valence-electron chi connectivity index (χ1n) is 10.1. The van der Waals surface area contributed by atoms with Crippen molar-refractivity contribution in [2.75, 3.05) is 36.5 Å². The van der Waals surface area contributed by atoms with Gasteiger partial charge in [0, 0.05) is 41.5 Å². The van der Waals surface area contributed by atoms with E-state index in [4.69, 9.17) is 21.1 Å². The summed E-state index contributed by atoms with van der Waals surface area (Å²) in [5, 5.41) is 3.27. The van der Waals surface area contributed by atoms with Gasteiger partial charge in [0.2, 0.25) is 0 Å². The summed E-state index contributed by atoms with van der Waals surface area (Å²) in [6.07, 6.45) is -1.08. The van der Waals surface area contributed by atoms with Gasteiger partial charge in [-0.25, -0.2) is 0 Å². The smallest absolute Gasteiger partial charge is 0.307 e. The van der Waals surface area contributed by atoms with Gasteiger partial charge in [-0.3, -0.25) is 14.4 Å². The molecule has 1 aliphatic heterocycles. The third-order valence-corrected chi connectivity index (χ3v) is 5.16. The maximum atomic E-state index is 12.3. The van der Waals surface area contributed by atoms with E-state index in [9.17, 15) is 14.4 Å². The molecular formula is C23H25ClN2O5. The number of anilines is 2. The Morgan fingerprint density at radius 2 is 1.68 bits per heavy atom. The second-order valence-corrected chi connectivity index (χ2v) is 7.63. The van der Waals surface area contributed by atoms with Crippen molar-refractivity contribution >= 4 is 40.6 Å². The lowest BCUT2D eigenvalue weighted by Gasteiger charge is -2.28. The third-order valence-electron chi connectivity index (χ3n) is 4.91. The Bertz CT molecular complexity index is 909. The summed E-state index contributed by atoms with van der Waals surface area (Å²) in [6, 6.07) is 13.9. The molecule has 0 saturated carbocycles. The number of hydrogen-bond acceptors (Lipinski definition) is 6. The Balaban J connectivity index is 1.43. The van der Waals surface area contributed by atoms with E-state index in [2.05, 4.69) is 10.2 Å². The van der Waals surface area contributed by atoms with Gasteiger partial charge in [0.15, 0.2) is 11.9 Å². The highest BCUT2D eigenvalue weighted by Gasteiger charge is 2.19. The van der Waals surface area contributed by atoms with Crippen LogP contribution in [0.5, 0.6) is 0 Å². The Hall–Kier alpha value is -2.90. The number of rotatable bonds is 8. The Labute approximate surface area is 186 Å². The fourth-order valence-electron chi connectivity index (χ4n) is 3.13. The Morgan fingerprint density at radius 3 is 2.32 bits per heavy atom. The lowest BCUT2D eigenvalue weighted by Crippen LogP contribution is -2.36. The predicted molar refractivity (Wildman–Crippen MR) is 119 cm³/mol. The lowest BCUT2D eigenvalue weighted by atomic mass is 10.1. The van der Waals surface area contributed by atoms with Gasteiger partial charge < -0.3 is 19.7 Å². The minimum atomic E-state index is -0.975. The molecule has 1 amide bonds. The molecule has 0 bridgehead atoms. The van der Waals surface area contributed by atoms with Crippen molar-refractivity contribution in [2.24, 2.45) is 0 Å². The van der Waals surface area contributed by atoms with E-state index in [1.807, 2.05) is 24.3 Å². The summed E-state index contributed by atoms with van der Waals surface area (Å²) in [6.45, 7) is 4.56. The molecule has 7 nitrogen and oxygen atoms in total. The first kappa shape index (κ1) is 22.8. The summed E-state index contributed by atoms with van der Waals surface area (Å²) in [5.74, 6) is -1.23. The first-order valence-corrected chi connectivity index (χ1v) is 10.5. The third kappa shape index (κ3) is 6.80. The molecule has 1 fully saturated rings. The van der Waals surface area contributed by atoms with E-state index < -0.39 is 18.0 Å². The maximum Gasteiger partial charge on any atom is 0.307 e. The van der Waals surface area contributed by atoms with Crippen molar-refractivity contribution < 1.29 is 23.9 Å². The van der Waals surface area contributed by atoms with Gasteiger partial charge in [-0.1, -0.05) is 11.6 Å². The number of Topliss-reactive ketones (excluding diaryl/α,β-unsaturated/α-hetero) is 1. The monoisotopic (exact) mass is 444 g/mol. The van der Waals surface area contributed by atoms with Crippen molar-refractivity contribution in [1.82, 2.24) is 0 Å². The van der Waals surface area contributed by atoms with Crippen LogP contribution >= 0.6 is 11.6 Å². The van der Waals surface area contributed by atoms with E-state index >= 15 is 0 Å². The lowest BCUT2D eigenvalue weighted by molar-refractivity contribution is -0.153. The van der Waals surface area contributed by atoms with Crippen molar-refractivity contribution in [1.29, 1.82) is 0 Å². The highest BCUT2D eigenvalue weighted by molar-refractivity contribution is 6.30. The van der Waals surface area contributed by atoms with Crippen LogP contribution in [0.25, 0.3) is 0 Å². The fraction of sp³-hybridized carbons (Fsp3) is 0.348. The van der Waals surface area contributed by atoms with E-state index in [0.29, 0.717) is 29.5 Å². The number of morpholine rings is 1.